The smallest absolute Gasteiger partial charge is 0.174 e. The highest BCUT2D eigenvalue weighted by atomic mass is 16.5. The van der Waals surface area contributed by atoms with Crippen molar-refractivity contribution >= 4 is 16.5 Å². The molecule has 18 heavy (non-hydrogen) atoms. The lowest BCUT2D eigenvalue weighted by molar-refractivity contribution is 0.318. The Balaban J connectivity index is 2.67. The average Bonchev–Trinajstić information content (AvgIpc) is 2.43. The Morgan fingerprint density at radius 1 is 1.33 bits per heavy atom. The van der Waals surface area contributed by atoms with Gasteiger partial charge in [0.2, 0.25) is 0 Å². The maximum atomic E-state index is 8.88. The molecule has 4 nitrogen and oxygen atoms in total. The van der Waals surface area contributed by atoms with E-state index < -0.39 is 0 Å². The lowest BCUT2D eigenvalue weighted by Crippen LogP contribution is -2.03. The van der Waals surface area contributed by atoms with Gasteiger partial charge >= 0.3 is 0 Å². The number of nitriles is 1. The molecule has 2 aromatic rings. The molecule has 2 rings (SSSR count). The zero-order valence-electron chi connectivity index (χ0n) is 9.92. The Morgan fingerprint density at radius 2 is 2.11 bits per heavy atom. The number of hydrogen-bond donors (Lipinski definition) is 1. The normalized spacial score (nSPS) is 11.2. The van der Waals surface area contributed by atoms with Crippen LogP contribution in [0.3, 0.4) is 0 Å². The van der Waals surface area contributed by atoms with Gasteiger partial charge in [-0.05, 0) is 18.4 Å². The first-order valence-corrected chi connectivity index (χ1v) is 5.48. The molecule has 2 aromatic carbocycles. The van der Waals surface area contributed by atoms with Crippen molar-refractivity contribution in [1.82, 2.24) is 0 Å². The van der Waals surface area contributed by atoms with Gasteiger partial charge < -0.3 is 9.94 Å². The van der Waals surface area contributed by atoms with Crippen molar-refractivity contribution < 1.29 is 9.94 Å². The van der Waals surface area contributed by atoms with Crippen molar-refractivity contribution in [2.24, 2.45) is 5.16 Å². The number of oxime groups is 1. The summed E-state index contributed by atoms with van der Waals surface area (Å²) in [4.78, 5) is 0. The monoisotopic (exact) mass is 240 g/mol. The average molecular weight is 240 g/mol. The fraction of sp³-hybridized carbons (Fsp3) is 0.143. The first-order chi connectivity index (χ1) is 8.77. The fourth-order valence-electron chi connectivity index (χ4n) is 1.84. The summed E-state index contributed by atoms with van der Waals surface area (Å²) in [7, 11) is 0. The summed E-state index contributed by atoms with van der Waals surface area (Å²) >= 11 is 0. The van der Waals surface area contributed by atoms with E-state index in [1.165, 1.54) is 0 Å². The molecule has 0 saturated carbocycles. The van der Waals surface area contributed by atoms with Crippen LogP contribution in [0.1, 0.15) is 12.5 Å². The molecule has 0 unspecified atom stereocenters. The van der Waals surface area contributed by atoms with Crippen molar-refractivity contribution in [2.45, 2.75) is 6.92 Å². The second-order valence-electron chi connectivity index (χ2n) is 3.80. The largest absolute Gasteiger partial charge is 0.477 e. The van der Waals surface area contributed by atoms with Crippen LogP contribution in [0, 0.1) is 11.3 Å². The van der Waals surface area contributed by atoms with Gasteiger partial charge in [0.25, 0.3) is 0 Å². The van der Waals surface area contributed by atoms with Gasteiger partial charge in [0.05, 0.1) is 5.71 Å². The number of ether oxygens (including phenoxy) is 1. The first-order valence-electron chi connectivity index (χ1n) is 5.48. The van der Waals surface area contributed by atoms with E-state index in [9.17, 15) is 0 Å². The molecule has 0 aliphatic rings. The van der Waals surface area contributed by atoms with Crippen LogP contribution in [-0.2, 0) is 0 Å². The Morgan fingerprint density at radius 3 is 2.83 bits per heavy atom. The molecule has 0 fully saturated rings. The Kier molecular flexibility index (Phi) is 3.44. The third-order valence-electron chi connectivity index (χ3n) is 2.70. The molecule has 0 amide bonds. The molecule has 0 aromatic heterocycles. The standard InChI is InChI=1S/C14H12N2O2/c1-10(16-17)12-7-6-11-4-2-3-5-13(11)14(12)18-9-8-15/h2-7,17H,9H2,1H3/b16-10+. The molecule has 0 aliphatic heterocycles. The first kappa shape index (κ1) is 11.9. The molecular formula is C14H12N2O2. The Labute approximate surface area is 105 Å². The molecular weight excluding hydrogens is 228 g/mol. The molecule has 0 aliphatic carbocycles. The highest BCUT2D eigenvalue weighted by Crippen LogP contribution is 2.30. The van der Waals surface area contributed by atoms with E-state index >= 15 is 0 Å². The van der Waals surface area contributed by atoms with Gasteiger partial charge in [-0.25, -0.2) is 0 Å². The molecule has 0 saturated heterocycles. The van der Waals surface area contributed by atoms with E-state index in [2.05, 4.69) is 5.16 Å². The van der Waals surface area contributed by atoms with E-state index in [1.807, 2.05) is 42.5 Å². The number of rotatable bonds is 3. The van der Waals surface area contributed by atoms with Crippen molar-refractivity contribution in [3.05, 3.63) is 42.0 Å². The minimum Gasteiger partial charge on any atom is -0.477 e. The number of hydrogen-bond acceptors (Lipinski definition) is 4. The summed E-state index contributed by atoms with van der Waals surface area (Å²) in [5, 5.41) is 22.6. The van der Waals surface area contributed by atoms with Crippen molar-refractivity contribution in [3.8, 4) is 11.8 Å². The second kappa shape index (κ2) is 5.19. The fourth-order valence-corrected chi connectivity index (χ4v) is 1.84. The molecule has 0 spiro atoms. The molecule has 4 heteroatoms. The van der Waals surface area contributed by atoms with Gasteiger partial charge in [0.1, 0.15) is 11.8 Å². The molecule has 0 heterocycles. The van der Waals surface area contributed by atoms with E-state index in [1.54, 1.807) is 6.92 Å². The predicted octanol–water partition coefficient (Wildman–Crippen LogP) is 2.94. The molecule has 0 bridgehead atoms. The predicted molar refractivity (Wildman–Crippen MR) is 69.1 cm³/mol. The van der Waals surface area contributed by atoms with Crippen molar-refractivity contribution in [1.29, 1.82) is 5.26 Å². The molecule has 1 N–H and O–H groups in total. The van der Waals surface area contributed by atoms with E-state index in [4.69, 9.17) is 15.2 Å². The van der Waals surface area contributed by atoms with Crippen LogP contribution in [0.2, 0.25) is 0 Å². The van der Waals surface area contributed by atoms with Crippen LogP contribution < -0.4 is 4.74 Å². The third kappa shape index (κ3) is 2.11. The Hall–Kier alpha value is -2.54. The van der Waals surface area contributed by atoms with Crippen molar-refractivity contribution in [2.75, 3.05) is 6.61 Å². The quantitative estimate of drug-likeness (QED) is 0.509. The van der Waals surface area contributed by atoms with E-state index in [-0.39, 0.29) is 6.61 Å². The maximum absolute atomic E-state index is 8.88. The van der Waals surface area contributed by atoms with Crippen LogP contribution in [0.25, 0.3) is 10.8 Å². The highest BCUT2D eigenvalue weighted by Gasteiger charge is 2.11. The summed E-state index contributed by atoms with van der Waals surface area (Å²) in [6.07, 6.45) is 0. The lowest BCUT2D eigenvalue weighted by atomic mass is 10.0. The van der Waals surface area contributed by atoms with Crippen LogP contribution in [-0.4, -0.2) is 17.5 Å². The van der Waals surface area contributed by atoms with Gasteiger partial charge in [0.15, 0.2) is 6.61 Å². The topological polar surface area (TPSA) is 65.6 Å². The summed E-state index contributed by atoms with van der Waals surface area (Å²) < 4.78 is 5.47. The second-order valence-corrected chi connectivity index (χ2v) is 3.80. The van der Waals surface area contributed by atoms with E-state index in [0.717, 1.165) is 10.8 Å². The zero-order chi connectivity index (χ0) is 13.0. The zero-order valence-corrected chi connectivity index (χ0v) is 9.92. The van der Waals surface area contributed by atoms with E-state index in [0.29, 0.717) is 17.0 Å². The number of nitrogens with zero attached hydrogens (tertiary/aromatic N) is 2. The minimum atomic E-state index is -0.0419. The van der Waals surface area contributed by atoms with Gasteiger partial charge in [-0.15, -0.1) is 0 Å². The molecule has 0 atom stereocenters. The SMILES string of the molecule is C/C(=N\O)c1ccc2ccccc2c1OCC#N. The maximum Gasteiger partial charge on any atom is 0.174 e. The number of benzene rings is 2. The summed E-state index contributed by atoms with van der Waals surface area (Å²) in [5.41, 5.74) is 1.14. The van der Waals surface area contributed by atoms with Crippen LogP contribution in [0.15, 0.2) is 41.6 Å². The summed E-state index contributed by atoms with van der Waals surface area (Å²) in [6, 6.07) is 13.4. The van der Waals surface area contributed by atoms with Gasteiger partial charge in [-0.2, -0.15) is 5.26 Å². The molecule has 90 valence electrons. The van der Waals surface area contributed by atoms with Gasteiger partial charge in [0, 0.05) is 10.9 Å². The molecule has 0 radical (unpaired) electrons. The lowest BCUT2D eigenvalue weighted by Gasteiger charge is -2.11. The number of fused-ring (bicyclic) bond motifs is 1. The highest BCUT2D eigenvalue weighted by molar-refractivity contribution is 6.06. The minimum absolute atomic E-state index is 0.0419. The van der Waals surface area contributed by atoms with Crippen LogP contribution in [0.4, 0.5) is 0 Å². The summed E-state index contributed by atoms with van der Waals surface area (Å²) in [5.74, 6) is 0.574. The van der Waals surface area contributed by atoms with Crippen molar-refractivity contribution in [3.63, 3.8) is 0 Å². The third-order valence-corrected chi connectivity index (χ3v) is 2.70. The van der Waals surface area contributed by atoms with Crippen LogP contribution >= 0.6 is 0 Å². The summed E-state index contributed by atoms with van der Waals surface area (Å²) in [6.45, 7) is 1.64. The van der Waals surface area contributed by atoms with Gasteiger partial charge in [-0.1, -0.05) is 35.5 Å². The van der Waals surface area contributed by atoms with Gasteiger partial charge in [-0.3, -0.25) is 0 Å². The Bertz CT molecular complexity index is 642. The van der Waals surface area contributed by atoms with Crippen LogP contribution in [0.5, 0.6) is 5.75 Å².